The van der Waals surface area contributed by atoms with E-state index in [4.69, 9.17) is 0 Å². The first-order valence-corrected chi connectivity index (χ1v) is 9.31. The molecule has 0 aromatic heterocycles. The average Bonchev–Trinajstić information content (AvgIpc) is 3.01. The highest BCUT2D eigenvalue weighted by Crippen LogP contribution is 2.85. The standard InChI is InChI=1S/C18H28N2O2/c1-3-20(4-2)7-13(21)19-8-18(22)16-10-6-11-14-9(10)5-12(16)15(14)17(11)18/h9-12,14-17,22H,3-8H2,1-2H3,(H,19,21). The number of rotatable bonds is 6. The fraction of sp³-hybridized carbons (Fsp3) is 0.944. The van der Waals surface area contributed by atoms with Crippen molar-refractivity contribution in [3.63, 3.8) is 0 Å². The van der Waals surface area contributed by atoms with E-state index in [-0.39, 0.29) is 5.91 Å². The van der Waals surface area contributed by atoms with Crippen LogP contribution < -0.4 is 5.32 Å². The minimum atomic E-state index is -0.580. The summed E-state index contributed by atoms with van der Waals surface area (Å²) in [7, 11) is 0. The van der Waals surface area contributed by atoms with Gasteiger partial charge < -0.3 is 10.4 Å². The average molecular weight is 304 g/mol. The topological polar surface area (TPSA) is 52.6 Å². The Labute approximate surface area is 132 Å². The van der Waals surface area contributed by atoms with Crippen LogP contribution in [-0.2, 0) is 4.79 Å². The molecule has 5 rings (SSSR count). The van der Waals surface area contributed by atoms with Crippen molar-refractivity contribution < 1.29 is 9.90 Å². The number of amides is 1. The van der Waals surface area contributed by atoms with Gasteiger partial charge in [0.25, 0.3) is 0 Å². The molecule has 4 heteroatoms. The smallest absolute Gasteiger partial charge is 0.234 e. The molecule has 0 aliphatic heterocycles. The molecule has 0 aromatic carbocycles. The molecule has 1 amide bonds. The van der Waals surface area contributed by atoms with E-state index < -0.39 is 5.60 Å². The van der Waals surface area contributed by atoms with Crippen molar-refractivity contribution in [2.24, 2.45) is 47.3 Å². The monoisotopic (exact) mass is 304 g/mol. The molecule has 22 heavy (non-hydrogen) atoms. The van der Waals surface area contributed by atoms with E-state index in [1.807, 2.05) is 0 Å². The van der Waals surface area contributed by atoms with Crippen molar-refractivity contribution in [2.75, 3.05) is 26.2 Å². The second-order valence-electron chi connectivity index (χ2n) is 8.56. The van der Waals surface area contributed by atoms with Crippen LogP contribution in [0.4, 0.5) is 0 Å². The number of aliphatic hydroxyl groups is 1. The highest BCUT2D eigenvalue weighted by atomic mass is 16.3. The molecule has 122 valence electrons. The number of fused-ring (bicyclic) bond motifs is 2. The normalized spacial score (nSPS) is 55.3. The summed E-state index contributed by atoms with van der Waals surface area (Å²) in [6, 6.07) is 0. The third-order valence-electron chi connectivity index (χ3n) is 8.35. The Morgan fingerprint density at radius 1 is 1.09 bits per heavy atom. The molecule has 9 atom stereocenters. The maximum absolute atomic E-state index is 12.2. The first kappa shape index (κ1) is 13.8. The largest absolute Gasteiger partial charge is 0.387 e. The van der Waals surface area contributed by atoms with Crippen LogP contribution in [0.5, 0.6) is 0 Å². The highest BCUT2D eigenvalue weighted by Gasteiger charge is 2.84. The Balaban J connectivity index is 1.28. The quantitative estimate of drug-likeness (QED) is 0.768. The van der Waals surface area contributed by atoms with Crippen LogP contribution >= 0.6 is 0 Å². The van der Waals surface area contributed by atoms with Gasteiger partial charge in [-0.25, -0.2) is 0 Å². The molecule has 2 bridgehead atoms. The molecule has 0 heterocycles. The summed E-state index contributed by atoms with van der Waals surface area (Å²) in [5, 5.41) is 14.5. The molecule has 0 radical (unpaired) electrons. The summed E-state index contributed by atoms with van der Waals surface area (Å²) in [6.07, 6.45) is 2.76. The summed E-state index contributed by atoms with van der Waals surface area (Å²) < 4.78 is 0. The van der Waals surface area contributed by atoms with E-state index in [1.165, 1.54) is 12.8 Å². The number of carbonyl (C=O) groups excluding carboxylic acids is 1. The Kier molecular flexibility index (Phi) is 2.68. The van der Waals surface area contributed by atoms with Crippen molar-refractivity contribution in [3.05, 3.63) is 0 Å². The molecule has 0 spiro atoms. The summed E-state index contributed by atoms with van der Waals surface area (Å²) >= 11 is 0. The van der Waals surface area contributed by atoms with Crippen molar-refractivity contribution in [1.29, 1.82) is 0 Å². The van der Waals surface area contributed by atoms with E-state index in [0.717, 1.165) is 48.6 Å². The fourth-order valence-electron chi connectivity index (χ4n) is 7.91. The Bertz CT molecular complexity index is 513. The lowest BCUT2D eigenvalue weighted by molar-refractivity contribution is -0.138. The third-order valence-corrected chi connectivity index (χ3v) is 8.35. The SMILES string of the molecule is CCN(CC)CC(=O)NCC1(O)C2C3CC4C5C3CC2C5C41. The van der Waals surface area contributed by atoms with Gasteiger partial charge in [-0.3, -0.25) is 9.69 Å². The summed E-state index contributed by atoms with van der Waals surface area (Å²) in [4.78, 5) is 14.3. The van der Waals surface area contributed by atoms with Gasteiger partial charge in [-0.15, -0.1) is 0 Å². The number of hydrogen-bond donors (Lipinski definition) is 2. The van der Waals surface area contributed by atoms with Gasteiger partial charge >= 0.3 is 0 Å². The zero-order chi connectivity index (χ0) is 15.2. The molecule has 5 fully saturated rings. The zero-order valence-corrected chi connectivity index (χ0v) is 13.7. The fourth-order valence-corrected chi connectivity index (χ4v) is 7.91. The van der Waals surface area contributed by atoms with Crippen LogP contribution in [0.2, 0.25) is 0 Å². The molecular weight excluding hydrogens is 276 g/mol. The number of nitrogens with zero attached hydrogens (tertiary/aromatic N) is 1. The molecule has 5 saturated carbocycles. The molecule has 5 aliphatic carbocycles. The van der Waals surface area contributed by atoms with E-state index in [0.29, 0.717) is 24.9 Å². The van der Waals surface area contributed by atoms with Crippen LogP contribution in [0.1, 0.15) is 26.7 Å². The van der Waals surface area contributed by atoms with Gasteiger partial charge in [-0.05, 0) is 73.3 Å². The van der Waals surface area contributed by atoms with Gasteiger partial charge in [0.05, 0.1) is 12.1 Å². The lowest BCUT2D eigenvalue weighted by atomic mass is 9.56. The molecule has 0 saturated heterocycles. The molecular formula is C18H28N2O2. The maximum Gasteiger partial charge on any atom is 0.234 e. The second kappa shape index (κ2) is 4.27. The van der Waals surface area contributed by atoms with Gasteiger partial charge in [-0.2, -0.15) is 0 Å². The summed E-state index contributed by atoms with van der Waals surface area (Å²) in [6.45, 7) is 6.93. The maximum atomic E-state index is 12.2. The third kappa shape index (κ3) is 1.36. The first-order chi connectivity index (χ1) is 10.6. The van der Waals surface area contributed by atoms with Gasteiger partial charge in [0.1, 0.15) is 0 Å². The Morgan fingerprint density at radius 2 is 1.77 bits per heavy atom. The molecule has 2 N–H and O–H groups in total. The van der Waals surface area contributed by atoms with Gasteiger partial charge in [0.15, 0.2) is 0 Å². The predicted octanol–water partition coefficient (Wildman–Crippen LogP) is 0.953. The number of likely N-dealkylation sites (N-methyl/N-ethyl adjacent to an activating group) is 1. The van der Waals surface area contributed by atoms with Gasteiger partial charge in [-0.1, -0.05) is 13.8 Å². The number of nitrogens with one attached hydrogen (secondary N) is 1. The first-order valence-electron chi connectivity index (χ1n) is 9.31. The number of hydrogen-bond acceptors (Lipinski definition) is 3. The van der Waals surface area contributed by atoms with E-state index >= 15 is 0 Å². The predicted molar refractivity (Wildman–Crippen MR) is 82.9 cm³/mol. The Morgan fingerprint density at radius 3 is 2.50 bits per heavy atom. The number of carbonyl (C=O) groups is 1. The molecule has 0 aromatic rings. The summed E-state index contributed by atoms with van der Waals surface area (Å²) in [5.41, 5.74) is -0.580. The minimum Gasteiger partial charge on any atom is -0.387 e. The second-order valence-corrected chi connectivity index (χ2v) is 8.56. The van der Waals surface area contributed by atoms with E-state index in [2.05, 4.69) is 24.1 Å². The van der Waals surface area contributed by atoms with Crippen molar-refractivity contribution >= 4 is 5.91 Å². The Hall–Kier alpha value is -0.610. The molecule has 9 unspecified atom stereocenters. The van der Waals surface area contributed by atoms with Crippen LogP contribution in [0.15, 0.2) is 0 Å². The van der Waals surface area contributed by atoms with Crippen LogP contribution in [0, 0.1) is 47.3 Å². The van der Waals surface area contributed by atoms with Crippen molar-refractivity contribution in [2.45, 2.75) is 32.3 Å². The summed E-state index contributed by atoms with van der Waals surface area (Å²) in [5.74, 6) is 6.13. The van der Waals surface area contributed by atoms with Gasteiger partial charge in [0.2, 0.25) is 5.91 Å². The zero-order valence-electron chi connectivity index (χ0n) is 13.7. The minimum absolute atomic E-state index is 0.0791. The molecule has 5 aliphatic rings. The highest BCUT2D eigenvalue weighted by molar-refractivity contribution is 5.78. The van der Waals surface area contributed by atoms with Crippen LogP contribution in [0.25, 0.3) is 0 Å². The lowest BCUT2D eigenvalue weighted by Gasteiger charge is -2.51. The van der Waals surface area contributed by atoms with E-state index in [1.54, 1.807) is 0 Å². The van der Waals surface area contributed by atoms with Crippen LogP contribution in [0.3, 0.4) is 0 Å². The van der Waals surface area contributed by atoms with E-state index in [9.17, 15) is 9.90 Å². The lowest BCUT2D eigenvalue weighted by Crippen LogP contribution is -2.59. The van der Waals surface area contributed by atoms with Crippen molar-refractivity contribution in [3.8, 4) is 0 Å². The van der Waals surface area contributed by atoms with Gasteiger partial charge in [0, 0.05) is 6.54 Å². The molecule has 4 nitrogen and oxygen atoms in total. The van der Waals surface area contributed by atoms with Crippen LogP contribution in [-0.4, -0.2) is 47.7 Å². The van der Waals surface area contributed by atoms with Crippen molar-refractivity contribution in [1.82, 2.24) is 10.2 Å².